The molecule has 4 nitrogen and oxygen atoms in total. The van der Waals surface area contributed by atoms with Crippen molar-refractivity contribution in [3.63, 3.8) is 0 Å². The van der Waals surface area contributed by atoms with Gasteiger partial charge >= 0.3 is 0 Å². The zero-order valence-corrected chi connectivity index (χ0v) is 7.13. The van der Waals surface area contributed by atoms with E-state index in [1.807, 2.05) is 0 Å². The van der Waals surface area contributed by atoms with Crippen LogP contribution in [0.3, 0.4) is 0 Å². The summed E-state index contributed by atoms with van der Waals surface area (Å²) in [5.41, 5.74) is 0.501. The predicted octanol–water partition coefficient (Wildman–Crippen LogP) is 0.0516. The summed E-state index contributed by atoms with van der Waals surface area (Å²) in [7, 11) is 0. The van der Waals surface area contributed by atoms with E-state index in [0.717, 1.165) is 0 Å². The molecule has 12 heavy (non-hydrogen) atoms. The van der Waals surface area contributed by atoms with Gasteiger partial charge in [0.1, 0.15) is 6.79 Å². The molecule has 0 aromatic heterocycles. The summed E-state index contributed by atoms with van der Waals surface area (Å²) in [5, 5.41) is 2.73. The Morgan fingerprint density at radius 2 is 2.08 bits per heavy atom. The maximum Gasteiger partial charge on any atom is 0.246 e. The van der Waals surface area contributed by atoms with Crippen LogP contribution >= 0.6 is 0 Å². The average Bonchev–Trinajstić information content (AvgIpc) is 2.06. The SMILES string of the molecule is C=C(C)C(=O)NC1COCOC1. The van der Waals surface area contributed by atoms with Crippen LogP contribution in [0.4, 0.5) is 0 Å². The lowest BCUT2D eigenvalue weighted by Crippen LogP contribution is -2.44. The van der Waals surface area contributed by atoms with Gasteiger partial charge in [-0.25, -0.2) is 0 Å². The quantitative estimate of drug-likeness (QED) is 0.597. The number of ether oxygens (including phenoxy) is 2. The molecule has 1 N–H and O–H groups in total. The number of amides is 1. The second-order valence-electron chi connectivity index (χ2n) is 2.81. The fourth-order valence-corrected chi connectivity index (χ4v) is 0.880. The Morgan fingerprint density at radius 3 is 2.58 bits per heavy atom. The molecule has 0 saturated carbocycles. The molecule has 4 heteroatoms. The van der Waals surface area contributed by atoms with E-state index in [-0.39, 0.29) is 11.9 Å². The lowest BCUT2D eigenvalue weighted by Gasteiger charge is -2.23. The maximum atomic E-state index is 11.1. The van der Waals surface area contributed by atoms with E-state index in [1.54, 1.807) is 6.92 Å². The van der Waals surface area contributed by atoms with E-state index in [1.165, 1.54) is 0 Å². The largest absolute Gasteiger partial charge is 0.353 e. The summed E-state index contributed by atoms with van der Waals surface area (Å²) in [6.45, 7) is 6.54. The van der Waals surface area contributed by atoms with Gasteiger partial charge in [0.15, 0.2) is 0 Å². The molecule has 0 bridgehead atoms. The molecule has 1 rings (SSSR count). The summed E-state index contributed by atoms with van der Waals surface area (Å²) < 4.78 is 9.99. The number of hydrogen-bond donors (Lipinski definition) is 1. The maximum absolute atomic E-state index is 11.1. The Kier molecular flexibility index (Phi) is 3.25. The minimum atomic E-state index is -0.144. The highest BCUT2D eigenvalue weighted by Crippen LogP contribution is 1.97. The summed E-state index contributed by atoms with van der Waals surface area (Å²) >= 11 is 0. The van der Waals surface area contributed by atoms with Crippen molar-refractivity contribution in [1.29, 1.82) is 0 Å². The fourth-order valence-electron chi connectivity index (χ4n) is 0.880. The van der Waals surface area contributed by atoms with Crippen LogP contribution in [0.1, 0.15) is 6.92 Å². The standard InChI is InChI=1S/C8H13NO3/c1-6(2)8(10)9-7-3-11-5-12-4-7/h7H,1,3-5H2,2H3,(H,9,10). The molecule has 1 aliphatic heterocycles. The Bertz CT molecular complexity index is 185. The van der Waals surface area contributed by atoms with Gasteiger partial charge in [0.2, 0.25) is 5.91 Å². The Balaban J connectivity index is 2.29. The van der Waals surface area contributed by atoms with E-state index in [9.17, 15) is 4.79 Å². The molecule has 0 aromatic rings. The highest BCUT2D eigenvalue weighted by Gasteiger charge is 2.16. The molecule has 0 aliphatic carbocycles. The Morgan fingerprint density at radius 1 is 1.50 bits per heavy atom. The first-order valence-corrected chi connectivity index (χ1v) is 3.82. The van der Waals surface area contributed by atoms with Gasteiger partial charge in [0.25, 0.3) is 0 Å². The van der Waals surface area contributed by atoms with Crippen LogP contribution in [-0.4, -0.2) is 32.0 Å². The van der Waals surface area contributed by atoms with Gasteiger partial charge in [-0.3, -0.25) is 4.79 Å². The van der Waals surface area contributed by atoms with E-state index in [0.29, 0.717) is 25.6 Å². The summed E-state index contributed by atoms with van der Waals surface area (Å²) in [6.07, 6.45) is 0. The van der Waals surface area contributed by atoms with Crippen molar-refractivity contribution in [3.8, 4) is 0 Å². The second kappa shape index (κ2) is 4.23. The Hall–Kier alpha value is -0.870. The van der Waals surface area contributed by atoms with Crippen molar-refractivity contribution in [2.75, 3.05) is 20.0 Å². The van der Waals surface area contributed by atoms with Gasteiger partial charge in [-0.2, -0.15) is 0 Å². The minimum Gasteiger partial charge on any atom is -0.353 e. The van der Waals surface area contributed by atoms with Crippen LogP contribution in [0.2, 0.25) is 0 Å². The molecular weight excluding hydrogens is 158 g/mol. The van der Waals surface area contributed by atoms with Crippen LogP contribution in [0.5, 0.6) is 0 Å². The number of rotatable bonds is 2. The highest BCUT2D eigenvalue weighted by atomic mass is 16.7. The van der Waals surface area contributed by atoms with Crippen LogP contribution < -0.4 is 5.32 Å². The first-order chi connectivity index (χ1) is 5.70. The van der Waals surface area contributed by atoms with Crippen molar-refractivity contribution in [2.24, 2.45) is 0 Å². The van der Waals surface area contributed by atoms with E-state index in [4.69, 9.17) is 9.47 Å². The van der Waals surface area contributed by atoms with Gasteiger partial charge < -0.3 is 14.8 Å². The molecule has 1 saturated heterocycles. The average molecular weight is 171 g/mol. The zero-order valence-electron chi connectivity index (χ0n) is 7.13. The first-order valence-electron chi connectivity index (χ1n) is 3.82. The first kappa shape index (κ1) is 9.22. The zero-order chi connectivity index (χ0) is 8.97. The van der Waals surface area contributed by atoms with Gasteiger partial charge in [0, 0.05) is 5.57 Å². The highest BCUT2D eigenvalue weighted by molar-refractivity contribution is 5.92. The Labute approximate surface area is 71.5 Å². The van der Waals surface area contributed by atoms with Gasteiger partial charge in [-0.1, -0.05) is 6.58 Å². The smallest absolute Gasteiger partial charge is 0.246 e. The topological polar surface area (TPSA) is 47.6 Å². The molecule has 0 unspecified atom stereocenters. The van der Waals surface area contributed by atoms with E-state index < -0.39 is 0 Å². The molecule has 1 aliphatic rings. The van der Waals surface area contributed by atoms with E-state index in [2.05, 4.69) is 11.9 Å². The lowest BCUT2D eigenvalue weighted by atomic mass is 10.2. The van der Waals surface area contributed by atoms with Crippen molar-refractivity contribution >= 4 is 5.91 Å². The normalized spacial score (nSPS) is 18.8. The van der Waals surface area contributed by atoms with E-state index >= 15 is 0 Å². The molecule has 0 radical (unpaired) electrons. The molecule has 1 amide bonds. The van der Waals surface area contributed by atoms with Gasteiger partial charge in [-0.15, -0.1) is 0 Å². The fraction of sp³-hybridized carbons (Fsp3) is 0.625. The molecule has 0 aromatic carbocycles. The molecule has 1 heterocycles. The number of hydrogen-bond acceptors (Lipinski definition) is 3. The van der Waals surface area contributed by atoms with Crippen LogP contribution in [0, 0.1) is 0 Å². The molecule has 68 valence electrons. The van der Waals surface area contributed by atoms with Crippen LogP contribution in [0.25, 0.3) is 0 Å². The van der Waals surface area contributed by atoms with Gasteiger partial charge in [-0.05, 0) is 6.92 Å². The molecule has 1 fully saturated rings. The van der Waals surface area contributed by atoms with Crippen molar-refractivity contribution in [3.05, 3.63) is 12.2 Å². The molecular formula is C8H13NO3. The van der Waals surface area contributed by atoms with Crippen molar-refractivity contribution in [1.82, 2.24) is 5.32 Å². The predicted molar refractivity (Wildman–Crippen MR) is 43.5 cm³/mol. The number of nitrogens with one attached hydrogen (secondary N) is 1. The third-order valence-electron chi connectivity index (χ3n) is 1.53. The molecule has 0 spiro atoms. The number of carbonyl (C=O) groups excluding carboxylic acids is 1. The lowest BCUT2D eigenvalue weighted by molar-refractivity contribution is -0.130. The summed E-state index contributed by atoms with van der Waals surface area (Å²) in [4.78, 5) is 11.1. The third kappa shape index (κ3) is 2.64. The number of carbonyl (C=O) groups is 1. The van der Waals surface area contributed by atoms with Crippen LogP contribution in [0.15, 0.2) is 12.2 Å². The summed E-state index contributed by atoms with van der Waals surface area (Å²) in [6, 6.07) is -0.0389. The van der Waals surface area contributed by atoms with Crippen LogP contribution in [-0.2, 0) is 14.3 Å². The second-order valence-corrected chi connectivity index (χ2v) is 2.81. The van der Waals surface area contributed by atoms with Gasteiger partial charge in [0.05, 0.1) is 19.3 Å². The van der Waals surface area contributed by atoms with Crippen molar-refractivity contribution in [2.45, 2.75) is 13.0 Å². The monoisotopic (exact) mass is 171 g/mol. The summed E-state index contributed by atoms with van der Waals surface area (Å²) in [5.74, 6) is -0.144. The minimum absolute atomic E-state index is 0.0389. The third-order valence-corrected chi connectivity index (χ3v) is 1.53. The van der Waals surface area contributed by atoms with Crippen molar-refractivity contribution < 1.29 is 14.3 Å². The molecule has 0 atom stereocenters.